The van der Waals surface area contributed by atoms with E-state index in [9.17, 15) is 4.79 Å². The summed E-state index contributed by atoms with van der Waals surface area (Å²) in [6, 6.07) is 6.47. The number of aryl methyl sites for hydroxylation is 1. The summed E-state index contributed by atoms with van der Waals surface area (Å²) in [7, 11) is 3.91. The molecule has 4 heteroatoms. The third-order valence-corrected chi connectivity index (χ3v) is 4.48. The number of carbonyl (C=O) groups is 1. The lowest BCUT2D eigenvalue weighted by molar-refractivity contribution is 0.0685. The summed E-state index contributed by atoms with van der Waals surface area (Å²) in [6.07, 6.45) is 4.39. The van der Waals surface area contributed by atoms with E-state index in [-0.39, 0.29) is 5.91 Å². The Morgan fingerprint density at radius 3 is 2.45 bits per heavy atom. The van der Waals surface area contributed by atoms with Crippen LogP contribution in [0.4, 0.5) is 0 Å². The number of rotatable bonds is 3. The van der Waals surface area contributed by atoms with Crippen molar-refractivity contribution in [3.8, 4) is 0 Å². The monoisotopic (exact) mass is 294 g/mol. The maximum atomic E-state index is 12.6. The van der Waals surface area contributed by atoms with Crippen molar-refractivity contribution in [3.05, 3.63) is 34.3 Å². The summed E-state index contributed by atoms with van der Waals surface area (Å²) < 4.78 is 0. The fourth-order valence-corrected chi connectivity index (χ4v) is 3.27. The van der Waals surface area contributed by atoms with Crippen LogP contribution in [0.15, 0.2) is 18.2 Å². The van der Waals surface area contributed by atoms with E-state index in [4.69, 9.17) is 11.6 Å². The van der Waals surface area contributed by atoms with Crippen molar-refractivity contribution in [2.45, 2.75) is 44.7 Å². The lowest BCUT2D eigenvalue weighted by atomic mass is 9.90. The zero-order chi connectivity index (χ0) is 14.7. The van der Waals surface area contributed by atoms with Crippen LogP contribution in [0.25, 0.3) is 0 Å². The average molecular weight is 295 g/mol. The number of hydrogen-bond acceptors (Lipinski definition) is 2. The van der Waals surface area contributed by atoms with E-state index >= 15 is 0 Å². The Kier molecular flexibility index (Phi) is 5.06. The highest BCUT2D eigenvalue weighted by atomic mass is 35.5. The Labute approximate surface area is 126 Å². The Balaban J connectivity index is 2.05. The third-order valence-electron chi connectivity index (χ3n) is 4.26. The number of hydrogen-bond donors (Lipinski definition) is 1. The van der Waals surface area contributed by atoms with Crippen LogP contribution in [0, 0.1) is 6.92 Å². The van der Waals surface area contributed by atoms with E-state index in [0.29, 0.717) is 22.7 Å². The van der Waals surface area contributed by atoms with Gasteiger partial charge in [-0.2, -0.15) is 0 Å². The molecule has 0 radical (unpaired) electrons. The molecule has 1 aliphatic carbocycles. The molecule has 1 fully saturated rings. The first-order valence-corrected chi connectivity index (χ1v) is 7.60. The van der Waals surface area contributed by atoms with Crippen LogP contribution >= 0.6 is 11.6 Å². The summed E-state index contributed by atoms with van der Waals surface area (Å²) in [5.74, 6) is 0.0727. The minimum atomic E-state index is 0.0727. The summed E-state index contributed by atoms with van der Waals surface area (Å²) >= 11 is 6.04. The van der Waals surface area contributed by atoms with Crippen molar-refractivity contribution in [1.29, 1.82) is 0 Å². The first kappa shape index (κ1) is 15.3. The fourth-order valence-electron chi connectivity index (χ4n) is 2.98. The molecule has 3 nitrogen and oxygen atoms in total. The van der Waals surface area contributed by atoms with E-state index in [1.54, 1.807) is 6.07 Å². The quantitative estimate of drug-likeness (QED) is 0.928. The predicted octanol–water partition coefficient (Wildman–Crippen LogP) is 3.25. The Hall–Kier alpha value is -1.06. The minimum absolute atomic E-state index is 0.0727. The fraction of sp³-hybridized carbons (Fsp3) is 0.562. The lowest BCUT2D eigenvalue weighted by Crippen LogP contribution is -2.42. The largest absolute Gasteiger partial charge is 0.339 e. The number of halogens is 1. The maximum absolute atomic E-state index is 12.6. The lowest BCUT2D eigenvalue weighted by Gasteiger charge is -2.34. The predicted molar refractivity (Wildman–Crippen MR) is 83.4 cm³/mol. The third kappa shape index (κ3) is 3.53. The molecule has 0 atom stereocenters. The Morgan fingerprint density at radius 2 is 1.90 bits per heavy atom. The topological polar surface area (TPSA) is 32.3 Å². The molecule has 110 valence electrons. The highest BCUT2D eigenvalue weighted by Gasteiger charge is 2.26. The second kappa shape index (κ2) is 6.59. The van der Waals surface area contributed by atoms with Crippen LogP contribution in [0.5, 0.6) is 0 Å². The summed E-state index contributed by atoms with van der Waals surface area (Å²) in [4.78, 5) is 14.4. The van der Waals surface area contributed by atoms with Gasteiger partial charge in [0, 0.05) is 29.7 Å². The number of benzene rings is 1. The number of nitrogens with zero attached hydrogens (tertiary/aromatic N) is 1. The van der Waals surface area contributed by atoms with Gasteiger partial charge in [0.2, 0.25) is 0 Å². The van der Waals surface area contributed by atoms with Gasteiger partial charge < -0.3 is 10.2 Å². The first-order chi connectivity index (χ1) is 9.51. The van der Waals surface area contributed by atoms with Crippen LogP contribution in [-0.2, 0) is 0 Å². The van der Waals surface area contributed by atoms with Crippen LogP contribution in [-0.4, -0.2) is 37.0 Å². The van der Waals surface area contributed by atoms with Gasteiger partial charge in [-0.3, -0.25) is 4.79 Å². The number of amides is 1. The molecule has 1 amide bonds. The molecular formula is C16H23ClN2O. The minimum Gasteiger partial charge on any atom is -0.339 e. The van der Waals surface area contributed by atoms with Crippen LogP contribution < -0.4 is 5.32 Å². The highest BCUT2D eigenvalue weighted by molar-refractivity contribution is 6.31. The van der Waals surface area contributed by atoms with Crippen molar-refractivity contribution < 1.29 is 4.79 Å². The van der Waals surface area contributed by atoms with Crippen molar-refractivity contribution in [2.75, 3.05) is 14.1 Å². The average Bonchev–Trinajstić information content (AvgIpc) is 2.45. The summed E-state index contributed by atoms with van der Waals surface area (Å²) in [6.45, 7) is 1.96. The van der Waals surface area contributed by atoms with Crippen LogP contribution in [0.1, 0.15) is 41.6 Å². The standard InChI is InChI=1S/C16H23ClN2O/c1-11-8-12(10-13(17)9-11)16(20)19(3)15-6-4-14(18-2)5-7-15/h8-10,14-15,18H,4-7H2,1-3H3. The van der Waals surface area contributed by atoms with Crippen molar-refractivity contribution in [2.24, 2.45) is 0 Å². The summed E-state index contributed by atoms with van der Waals surface area (Å²) in [5.41, 5.74) is 1.71. The molecule has 2 rings (SSSR count). The van der Waals surface area contributed by atoms with Crippen molar-refractivity contribution in [1.82, 2.24) is 10.2 Å². The number of carbonyl (C=O) groups excluding carboxylic acids is 1. The van der Waals surface area contributed by atoms with E-state index in [1.807, 2.05) is 38.1 Å². The van der Waals surface area contributed by atoms with Gasteiger partial charge in [-0.15, -0.1) is 0 Å². The second-order valence-electron chi connectivity index (χ2n) is 5.73. The van der Waals surface area contributed by atoms with Crippen LogP contribution in [0.2, 0.25) is 5.02 Å². The van der Waals surface area contributed by atoms with Gasteiger partial charge in [-0.1, -0.05) is 11.6 Å². The molecule has 1 aromatic rings. The van der Waals surface area contributed by atoms with Gasteiger partial charge in [-0.25, -0.2) is 0 Å². The van der Waals surface area contributed by atoms with Gasteiger partial charge in [-0.05, 0) is 63.4 Å². The highest BCUT2D eigenvalue weighted by Crippen LogP contribution is 2.24. The Morgan fingerprint density at radius 1 is 1.25 bits per heavy atom. The molecule has 0 aliphatic heterocycles. The molecule has 20 heavy (non-hydrogen) atoms. The molecule has 1 N–H and O–H groups in total. The molecule has 0 aromatic heterocycles. The van der Waals surface area contributed by atoms with Crippen molar-refractivity contribution in [3.63, 3.8) is 0 Å². The molecule has 0 heterocycles. The SMILES string of the molecule is CNC1CCC(N(C)C(=O)c2cc(C)cc(Cl)c2)CC1. The molecule has 0 spiro atoms. The molecule has 0 saturated heterocycles. The first-order valence-electron chi connectivity index (χ1n) is 7.23. The Bertz CT molecular complexity index is 461. The zero-order valence-electron chi connectivity index (χ0n) is 12.4. The van der Waals surface area contributed by atoms with Gasteiger partial charge in [0.25, 0.3) is 5.91 Å². The van der Waals surface area contributed by atoms with Crippen molar-refractivity contribution >= 4 is 17.5 Å². The van der Waals surface area contributed by atoms with E-state index in [0.717, 1.165) is 31.2 Å². The van der Waals surface area contributed by atoms with Gasteiger partial charge in [0.1, 0.15) is 0 Å². The van der Waals surface area contributed by atoms with E-state index < -0.39 is 0 Å². The van der Waals surface area contributed by atoms with Gasteiger partial charge >= 0.3 is 0 Å². The molecule has 0 bridgehead atoms. The molecular weight excluding hydrogens is 272 g/mol. The van der Waals surface area contributed by atoms with Gasteiger partial charge in [0.05, 0.1) is 0 Å². The maximum Gasteiger partial charge on any atom is 0.253 e. The van der Waals surface area contributed by atoms with E-state index in [1.165, 1.54) is 0 Å². The zero-order valence-corrected chi connectivity index (χ0v) is 13.2. The molecule has 1 aromatic carbocycles. The van der Waals surface area contributed by atoms with E-state index in [2.05, 4.69) is 5.32 Å². The number of nitrogens with one attached hydrogen (secondary N) is 1. The normalized spacial score (nSPS) is 22.6. The summed E-state index contributed by atoms with van der Waals surface area (Å²) in [5, 5.41) is 3.94. The molecule has 0 unspecified atom stereocenters. The van der Waals surface area contributed by atoms with Crippen LogP contribution in [0.3, 0.4) is 0 Å². The molecule has 1 saturated carbocycles. The molecule has 1 aliphatic rings. The second-order valence-corrected chi connectivity index (χ2v) is 6.16. The smallest absolute Gasteiger partial charge is 0.253 e. The van der Waals surface area contributed by atoms with Gasteiger partial charge in [0.15, 0.2) is 0 Å².